The fraction of sp³-hybridized carbons (Fsp3) is 0.429. The minimum absolute atomic E-state index is 0.235. The number of hydrogen-bond acceptors (Lipinski definition) is 3. The van der Waals surface area contributed by atoms with Gasteiger partial charge in [-0.1, -0.05) is 0 Å². The molecule has 1 atom stereocenters. The number of fused-ring (bicyclic) bond motifs is 1. The summed E-state index contributed by atoms with van der Waals surface area (Å²) >= 11 is 4.99. The number of rotatable bonds is 3. The number of aromatic nitrogens is 2. The predicted molar refractivity (Wildman–Crippen MR) is 79.4 cm³/mol. The summed E-state index contributed by atoms with van der Waals surface area (Å²) in [4.78, 5) is 18.0. The van der Waals surface area contributed by atoms with E-state index in [0.717, 1.165) is 12.8 Å². The Hall–Kier alpha value is -1.73. The van der Waals surface area contributed by atoms with Crippen molar-refractivity contribution in [2.45, 2.75) is 25.4 Å². The first-order valence-corrected chi connectivity index (χ1v) is 7.21. The van der Waals surface area contributed by atoms with Gasteiger partial charge in [0.15, 0.2) is 4.77 Å². The van der Waals surface area contributed by atoms with Gasteiger partial charge in [-0.05, 0) is 44.1 Å². The van der Waals surface area contributed by atoms with Gasteiger partial charge in [-0.15, -0.1) is 0 Å². The highest BCUT2D eigenvalue weighted by Crippen LogP contribution is 2.24. The van der Waals surface area contributed by atoms with Gasteiger partial charge in [0.25, 0.3) is 5.91 Å². The number of halogens is 1. The van der Waals surface area contributed by atoms with Crippen LogP contribution >= 0.6 is 12.2 Å². The van der Waals surface area contributed by atoms with Crippen molar-refractivity contribution in [3.05, 3.63) is 28.3 Å². The molecule has 1 aromatic heterocycles. The van der Waals surface area contributed by atoms with Crippen molar-refractivity contribution in [2.75, 3.05) is 13.2 Å². The zero-order valence-electron chi connectivity index (χ0n) is 11.6. The second-order valence-corrected chi connectivity index (χ2v) is 5.95. The number of hydrogen-bond donors (Lipinski definition) is 3. The molecular formula is C14H16FN3O2S. The van der Waals surface area contributed by atoms with Gasteiger partial charge in [-0.25, -0.2) is 4.39 Å². The minimum Gasteiger partial charge on any atom is -0.373 e. The van der Waals surface area contributed by atoms with Crippen LogP contribution in [-0.2, 0) is 4.74 Å². The van der Waals surface area contributed by atoms with Gasteiger partial charge in [0, 0.05) is 13.2 Å². The third-order valence-corrected chi connectivity index (χ3v) is 3.96. The van der Waals surface area contributed by atoms with Crippen LogP contribution in [-0.4, -0.2) is 34.6 Å². The summed E-state index contributed by atoms with van der Waals surface area (Å²) < 4.78 is 19.6. The van der Waals surface area contributed by atoms with Crippen molar-refractivity contribution in [3.8, 4) is 0 Å². The van der Waals surface area contributed by atoms with E-state index in [4.69, 9.17) is 17.0 Å². The van der Waals surface area contributed by atoms with Gasteiger partial charge in [-0.3, -0.25) is 4.79 Å². The van der Waals surface area contributed by atoms with Gasteiger partial charge < -0.3 is 20.0 Å². The Morgan fingerprint density at radius 1 is 1.52 bits per heavy atom. The van der Waals surface area contributed by atoms with E-state index in [-0.39, 0.29) is 17.1 Å². The lowest BCUT2D eigenvalue weighted by atomic mass is 10.0. The lowest BCUT2D eigenvalue weighted by Crippen LogP contribution is -2.40. The summed E-state index contributed by atoms with van der Waals surface area (Å²) in [5.74, 6) is -0.831. The summed E-state index contributed by atoms with van der Waals surface area (Å²) in [5.41, 5.74) is 0.886. The number of H-pyrrole nitrogens is 2. The molecular weight excluding hydrogens is 293 g/mol. The van der Waals surface area contributed by atoms with Crippen molar-refractivity contribution in [2.24, 2.45) is 0 Å². The van der Waals surface area contributed by atoms with Crippen LogP contribution in [0.5, 0.6) is 0 Å². The molecule has 1 amide bonds. The lowest BCUT2D eigenvalue weighted by molar-refractivity contribution is 0.0206. The van der Waals surface area contributed by atoms with Gasteiger partial charge >= 0.3 is 0 Å². The molecule has 1 aromatic carbocycles. The maximum atomic E-state index is 13.6. The fourth-order valence-electron chi connectivity index (χ4n) is 2.63. The molecule has 0 radical (unpaired) electrons. The Bertz CT molecular complexity index is 746. The summed E-state index contributed by atoms with van der Waals surface area (Å²) in [6.07, 6.45) is 1.89. The topological polar surface area (TPSA) is 69.9 Å². The molecule has 1 aliphatic rings. The van der Waals surface area contributed by atoms with Crippen LogP contribution in [0.1, 0.15) is 30.1 Å². The molecule has 3 rings (SSSR count). The van der Waals surface area contributed by atoms with Gasteiger partial charge in [-0.2, -0.15) is 0 Å². The van der Waals surface area contributed by atoms with Crippen molar-refractivity contribution < 1.29 is 13.9 Å². The number of carbonyl (C=O) groups excluding carboxylic acids is 1. The summed E-state index contributed by atoms with van der Waals surface area (Å²) in [5, 5.41) is 2.81. The van der Waals surface area contributed by atoms with Crippen LogP contribution in [0.4, 0.5) is 4.39 Å². The molecule has 2 heterocycles. The molecule has 1 saturated heterocycles. The second-order valence-electron chi connectivity index (χ2n) is 5.54. The molecule has 0 bridgehead atoms. The average Bonchev–Trinajstić information content (AvgIpc) is 3.01. The predicted octanol–water partition coefficient (Wildman–Crippen LogP) is 2.66. The highest BCUT2D eigenvalue weighted by molar-refractivity contribution is 7.71. The molecule has 7 heteroatoms. The molecule has 0 unspecified atom stereocenters. The van der Waals surface area contributed by atoms with Crippen LogP contribution in [0.25, 0.3) is 11.0 Å². The van der Waals surface area contributed by atoms with Crippen LogP contribution in [0.2, 0.25) is 0 Å². The van der Waals surface area contributed by atoms with E-state index >= 15 is 0 Å². The third-order valence-electron chi connectivity index (χ3n) is 3.76. The van der Waals surface area contributed by atoms with Gasteiger partial charge in [0.2, 0.25) is 0 Å². The first kappa shape index (κ1) is 14.2. The summed E-state index contributed by atoms with van der Waals surface area (Å²) in [6, 6.07) is 2.51. The number of ether oxygens (including phenoxy) is 1. The second kappa shape index (κ2) is 5.23. The fourth-order valence-corrected chi connectivity index (χ4v) is 2.84. The van der Waals surface area contributed by atoms with Crippen molar-refractivity contribution in [1.29, 1.82) is 0 Å². The van der Waals surface area contributed by atoms with E-state index in [1.807, 2.05) is 6.92 Å². The first-order valence-electron chi connectivity index (χ1n) is 6.81. The number of aromatic amines is 2. The molecule has 0 aliphatic carbocycles. The molecule has 2 aromatic rings. The number of benzene rings is 1. The lowest BCUT2D eigenvalue weighted by Gasteiger charge is -2.23. The Balaban J connectivity index is 1.85. The Morgan fingerprint density at radius 2 is 2.33 bits per heavy atom. The number of carbonyl (C=O) groups is 1. The molecule has 3 N–H and O–H groups in total. The number of imidazole rings is 1. The Morgan fingerprint density at radius 3 is 3.05 bits per heavy atom. The van der Waals surface area contributed by atoms with Crippen LogP contribution < -0.4 is 5.32 Å². The summed E-state index contributed by atoms with van der Waals surface area (Å²) in [7, 11) is 0. The quantitative estimate of drug-likeness (QED) is 0.763. The van der Waals surface area contributed by atoms with E-state index in [1.165, 1.54) is 12.1 Å². The van der Waals surface area contributed by atoms with E-state index in [0.29, 0.717) is 29.0 Å². The molecule has 0 spiro atoms. The van der Waals surface area contributed by atoms with Crippen molar-refractivity contribution >= 4 is 29.2 Å². The van der Waals surface area contributed by atoms with E-state index < -0.39 is 5.82 Å². The molecule has 5 nitrogen and oxygen atoms in total. The zero-order chi connectivity index (χ0) is 15.0. The summed E-state index contributed by atoms with van der Waals surface area (Å²) in [6.45, 7) is 3.07. The molecule has 1 fully saturated rings. The van der Waals surface area contributed by atoms with E-state index in [2.05, 4.69) is 15.3 Å². The van der Waals surface area contributed by atoms with E-state index in [1.54, 1.807) is 0 Å². The SMILES string of the molecule is C[C@@]1(CNC(=O)c2cc(F)cc3[nH]c(=S)[nH]c23)CCCO1. The normalized spacial score (nSPS) is 21.8. The highest BCUT2D eigenvalue weighted by atomic mass is 32.1. The Kier molecular flexibility index (Phi) is 3.54. The molecule has 1 aliphatic heterocycles. The number of amides is 1. The standard InChI is InChI=1S/C14H16FN3O2S/c1-14(3-2-4-20-14)7-16-12(19)9-5-8(15)6-10-11(9)18-13(21)17-10/h5-6H,2-4,7H2,1H3,(H,16,19)(H2,17,18,21)/t14-/m0/s1. The highest BCUT2D eigenvalue weighted by Gasteiger charge is 2.30. The van der Waals surface area contributed by atoms with Gasteiger partial charge in [0.1, 0.15) is 5.82 Å². The van der Waals surface area contributed by atoms with E-state index in [9.17, 15) is 9.18 Å². The molecule has 0 saturated carbocycles. The zero-order valence-corrected chi connectivity index (χ0v) is 12.4. The van der Waals surface area contributed by atoms with Gasteiger partial charge in [0.05, 0.1) is 22.2 Å². The average molecular weight is 309 g/mol. The van der Waals surface area contributed by atoms with Crippen LogP contribution in [0.15, 0.2) is 12.1 Å². The van der Waals surface area contributed by atoms with Crippen molar-refractivity contribution in [3.63, 3.8) is 0 Å². The maximum absolute atomic E-state index is 13.6. The number of nitrogens with one attached hydrogen (secondary N) is 3. The molecule has 21 heavy (non-hydrogen) atoms. The maximum Gasteiger partial charge on any atom is 0.253 e. The van der Waals surface area contributed by atoms with Crippen LogP contribution in [0.3, 0.4) is 0 Å². The smallest absolute Gasteiger partial charge is 0.253 e. The minimum atomic E-state index is -0.485. The Labute approximate surface area is 125 Å². The van der Waals surface area contributed by atoms with Crippen LogP contribution in [0, 0.1) is 10.6 Å². The molecule has 112 valence electrons. The van der Waals surface area contributed by atoms with Crippen molar-refractivity contribution in [1.82, 2.24) is 15.3 Å². The first-order chi connectivity index (χ1) is 9.97. The third kappa shape index (κ3) is 2.84. The monoisotopic (exact) mass is 309 g/mol. The largest absolute Gasteiger partial charge is 0.373 e.